The van der Waals surface area contributed by atoms with E-state index in [1.807, 2.05) is 30.3 Å². The molecule has 0 atom stereocenters. The Morgan fingerprint density at radius 1 is 1.35 bits per heavy atom. The summed E-state index contributed by atoms with van der Waals surface area (Å²) in [6.07, 6.45) is 1.51. The third-order valence-electron chi connectivity index (χ3n) is 2.48. The van der Waals surface area contributed by atoms with Crippen LogP contribution in [0.2, 0.25) is 0 Å². The molecule has 3 N–H and O–H groups in total. The monoisotopic (exact) mass is 231 g/mol. The number of unbranched alkanes of at least 4 members (excludes halogenated alkanes) is 1. The van der Waals surface area contributed by atoms with Crippen molar-refractivity contribution in [3.63, 3.8) is 0 Å². The van der Waals surface area contributed by atoms with Crippen LogP contribution < -0.4 is 11.1 Å². The SMILES string of the molecule is N#CCCCNC(=O)Cc1ccccc1CN. The minimum atomic E-state index is -0.0242. The molecule has 0 unspecified atom stereocenters. The molecule has 0 aliphatic heterocycles. The maximum atomic E-state index is 11.6. The van der Waals surface area contributed by atoms with Gasteiger partial charge in [-0.1, -0.05) is 24.3 Å². The first kappa shape index (κ1) is 13.2. The summed E-state index contributed by atoms with van der Waals surface area (Å²) in [4.78, 5) is 11.6. The van der Waals surface area contributed by atoms with Crippen molar-refractivity contribution in [1.29, 1.82) is 5.26 Å². The Bertz CT molecular complexity index is 409. The highest BCUT2D eigenvalue weighted by Crippen LogP contribution is 2.08. The zero-order chi connectivity index (χ0) is 12.5. The third kappa shape index (κ3) is 4.66. The quantitative estimate of drug-likeness (QED) is 0.720. The van der Waals surface area contributed by atoms with Crippen LogP contribution in [0.25, 0.3) is 0 Å². The van der Waals surface area contributed by atoms with E-state index in [1.54, 1.807) is 0 Å². The first-order valence-electron chi connectivity index (χ1n) is 5.68. The van der Waals surface area contributed by atoms with Crippen LogP contribution in [0.5, 0.6) is 0 Å². The van der Waals surface area contributed by atoms with Crippen molar-refractivity contribution in [2.24, 2.45) is 5.73 Å². The molecule has 0 saturated heterocycles. The Morgan fingerprint density at radius 2 is 2.06 bits per heavy atom. The summed E-state index contributed by atoms with van der Waals surface area (Å²) in [5.74, 6) is -0.0242. The molecule has 0 aromatic heterocycles. The molecule has 0 aliphatic carbocycles. The highest BCUT2D eigenvalue weighted by molar-refractivity contribution is 5.78. The van der Waals surface area contributed by atoms with E-state index in [-0.39, 0.29) is 5.91 Å². The molecule has 0 bridgehead atoms. The zero-order valence-corrected chi connectivity index (χ0v) is 9.78. The van der Waals surface area contributed by atoms with Gasteiger partial charge < -0.3 is 11.1 Å². The molecular weight excluding hydrogens is 214 g/mol. The largest absolute Gasteiger partial charge is 0.356 e. The van der Waals surface area contributed by atoms with Crippen LogP contribution in [0, 0.1) is 11.3 Å². The van der Waals surface area contributed by atoms with Crippen molar-refractivity contribution < 1.29 is 4.79 Å². The van der Waals surface area contributed by atoms with E-state index in [2.05, 4.69) is 5.32 Å². The lowest BCUT2D eigenvalue weighted by Gasteiger charge is -2.07. The molecule has 1 amide bonds. The first-order chi connectivity index (χ1) is 8.27. The highest BCUT2D eigenvalue weighted by Gasteiger charge is 2.05. The molecule has 4 nitrogen and oxygen atoms in total. The number of amides is 1. The van der Waals surface area contributed by atoms with Crippen LogP contribution in [0.4, 0.5) is 0 Å². The van der Waals surface area contributed by atoms with Gasteiger partial charge in [-0.3, -0.25) is 4.79 Å². The minimum absolute atomic E-state index is 0.0242. The molecule has 0 aliphatic rings. The molecule has 0 saturated carbocycles. The van der Waals surface area contributed by atoms with Crippen molar-refractivity contribution in [3.05, 3.63) is 35.4 Å². The van der Waals surface area contributed by atoms with Gasteiger partial charge in [0.15, 0.2) is 0 Å². The van der Waals surface area contributed by atoms with Crippen LogP contribution in [0.3, 0.4) is 0 Å². The number of rotatable bonds is 6. The fraction of sp³-hybridized carbons (Fsp3) is 0.385. The Hall–Kier alpha value is -1.86. The van der Waals surface area contributed by atoms with Crippen LogP contribution in [0.1, 0.15) is 24.0 Å². The Labute approximate surface area is 101 Å². The molecular formula is C13H17N3O. The van der Waals surface area contributed by atoms with Crippen molar-refractivity contribution >= 4 is 5.91 Å². The molecule has 4 heteroatoms. The van der Waals surface area contributed by atoms with Crippen LogP contribution in [-0.4, -0.2) is 12.5 Å². The van der Waals surface area contributed by atoms with Crippen LogP contribution in [-0.2, 0) is 17.8 Å². The van der Waals surface area contributed by atoms with Crippen molar-refractivity contribution in [3.8, 4) is 6.07 Å². The van der Waals surface area contributed by atoms with Crippen LogP contribution in [0.15, 0.2) is 24.3 Å². The number of nitrogens with two attached hydrogens (primary N) is 1. The number of benzene rings is 1. The Morgan fingerprint density at radius 3 is 2.71 bits per heavy atom. The van der Waals surface area contributed by atoms with Gasteiger partial charge in [0.2, 0.25) is 5.91 Å². The number of carbonyl (C=O) groups excluding carboxylic acids is 1. The number of hydrogen-bond donors (Lipinski definition) is 2. The van der Waals surface area contributed by atoms with Gasteiger partial charge in [-0.15, -0.1) is 0 Å². The van der Waals surface area contributed by atoms with Crippen molar-refractivity contribution in [2.75, 3.05) is 6.54 Å². The lowest BCUT2D eigenvalue weighted by atomic mass is 10.0. The molecule has 1 rings (SSSR count). The minimum Gasteiger partial charge on any atom is -0.356 e. The first-order valence-corrected chi connectivity index (χ1v) is 5.68. The van der Waals surface area contributed by atoms with Gasteiger partial charge in [-0.25, -0.2) is 0 Å². The van der Waals surface area contributed by atoms with Gasteiger partial charge in [0, 0.05) is 19.5 Å². The van der Waals surface area contributed by atoms with E-state index in [0.29, 0.717) is 32.4 Å². The average molecular weight is 231 g/mol. The summed E-state index contributed by atoms with van der Waals surface area (Å²) in [6.45, 7) is 0.995. The lowest BCUT2D eigenvalue weighted by Crippen LogP contribution is -2.26. The molecule has 17 heavy (non-hydrogen) atoms. The Kier molecular flexibility index (Phi) is 5.76. The summed E-state index contributed by atoms with van der Waals surface area (Å²) < 4.78 is 0. The average Bonchev–Trinajstić information content (AvgIpc) is 2.35. The number of carbonyl (C=O) groups is 1. The molecule has 90 valence electrons. The van der Waals surface area contributed by atoms with E-state index in [4.69, 9.17) is 11.0 Å². The third-order valence-corrected chi connectivity index (χ3v) is 2.48. The highest BCUT2D eigenvalue weighted by atomic mass is 16.1. The fourth-order valence-corrected chi connectivity index (χ4v) is 1.56. The molecule has 1 aromatic rings. The number of nitriles is 1. The van der Waals surface area contributed by atoms with E-state index in [0.717, 1.165) is 11.1 Å². The summed E-state index contributed by atoms with van der Waals surface area (Å²) >= 11 is 0. The summed E-state index contributed by atoms with van der Waals surface area (Å²) in [5, 5.41) is 11.1. The summed E-state index contributed by atoms with van der Waals surface area (Å²) in [5.41, 5.74) is 7.56. The van der Waals surface area contributed by atoms with E-state index < -0.39 is 0 Å². The smallest absolute Gasteiger partial charge is 0.224 e. The van der Waals surface area contributed by atoms with Crippen molar-refractivity contribution in [1.82, 2.24) is 5.32 Å². The summed E-state index contributed by atoms with van der Waals surface area (Å²) in [7, 11) is 0. The maximum Gasteiger partial charge on any atom is 0.224 e. The number of nitrogens with zero attached hydrogens (tertiary/aromatic N) is 1. The van der Waals surface area contributed by atoms with Gasteiger partial charge in [0.1, 0.15) is 0 Å². The predicted molar refractivity (Wildman–Crippen MR) is 65.9 cm³/mol. The molecule has 0 spiro atoms. The second-order valence-corrected chi connectivity index (χ2v) is 3.76. The van der Waals surface area contributed by atoms with Crippen LogP contribution >= 0.6 is 0 Å². The van der Waals surface area contributed by atoms with Crippen molar-refractivity contribution in [2.45, 2.75) is 25.8 Å². The zero-order valence-electron chi connectivity index (χ0n) is 9.78. The summed E-state index contributed by atoms with van der Waals surface area (Å²) in [6, 6.07) is 9.70. The molecule has 0 radical (unpaired) electrons. The van der Waals surface area contributed by atoms with E-state index in [9.17, 15) is 4.79 Å². The van der Waals surface area contributed by atoms with E-state index in [1.165, 1.54) is 0 Å². The van der Waals surface area contributed by atoms with Gasteiger partial charge in [0.05, 0.1) is 12.5 Å². The standard InChI is InChI=1S/C13H17N3O/c14-7-3-4-8-16-13(17)9-11-5-1-2-6-12(11)10-15/h1-2,5-6H,3-4,8-10,15H2,(H,16,17). The molecule has 0 fully saturated rings. The second kappa shape index (κ2) is 7.42. The van der Waals surface area contributed by atoms with Gasteiger partial charge in [-0.2, -0.15) is 5.26 Å². The molecule has 1 aromatic carbocycles. The second-order valence-electron chi connectivity index (χ2n) is 3.76. The Balaban J connectivity index is 2.42. The van der Waals surface area contributed by atoms with Gasteiger partial charge >= 0.3 is 0 Å². The topological polar surface area (TPSA) is 78.9 Å². The van der Waals surface area contributed by atoms with E-state index >= 15 is 0 Å². The number of hydrogen-bond acceptors (Lipinski definition) is 3. The normalized spacial score (nSPS) is 9.65. The molecule has 0 heterocycles. The lowest BCUT2D eigenvalue weighted by molar-refractivity contribution is -0.120. The predicted octanol–water partition coefficient (Wildman–Crippen LogP) is 1.11. The van der Waals surface area contributed by atoms with Gasteiger partial charge in [-0.05, 0) is 17.5 Å². The maximum absolute atomic E-state index is 11.6. The van der Waals surface area contributed by atoms with Gasteiger partial charge in [0.25, 0.3) is 0 Å². The fourth-order valence-electron chi connectivity index (χ4n) is 1.56. The number of nitrogens with one attached hydrogen (secondary N) is 1.